The fourth-order valence-electron chi connectivity index (χ4n) is 4.96. The number of piperidine rings is 1. The van der Waals surface area contributed by atoms with Crippen LogP contribution < -0.4 is 5.32 Å². The number of amides is 1. The van der Waals surface area contributed by atoms with Gasteiger partial charge in [0.1, 0.15) is 0 Å². The molecule has 2 fully saturated rings. The van der Waals surface area contributed by atoms with Gasteiger partial charge in [0, 0.05) is 6.54 Å². The van der Waals surface area contributed by atoms with Gasteiger partial charge in [-0.2, -0.15) is 5.10 Å². The maximum absolute atomic E-state index is 12.7. The quantitative estimate of drug-likeness (QED) is 0.863. The summed E-state index contributed by atoms with van der Waals surface area (Å²) >= 11 is 0. The average Bonchev–Trinajstić information content (AvgIpc) is 2.97. The first kappa shape index (κ1) is 19.2. The van der Waals surface area contributed by atoms with Crippen LogP contribution in [0, 0.1) is 32.6 Å². The Balaban J connectivity index is 1.41. The molecule has 5 nitrogen and oxygen atoms in total. The minimum atomic E-state index is 0.0731. The Morgan fingerprint density at radius 1 is 1.07 bits per heavy atom. The van der Waals surface area contributed by atoms with Gasteiger partial charge >= 0.3 is 0 Å². The molecule has 1 amide bonds. The molecule has 1 aliphatic carbocycles. The van der Waals surface area contributed by atoms with Crippen LogP contribution in [0.2, 0.25) is 0 Å². The van der Waals surface area contributed by atoms with Gasteiger partial charge in [0.25, 0.3) is 0 Å². The standard InChI is InChI=1S/C23H32N4O/c1-16-8-10-21(11-9-16)27-18(3)23(17(2)25-27)24-22(28)15-26-13-12-19-6-4-5-7-20(19)14-26/h8-11,19-20H,4-7,12-15H2,1-3H3,(H,24,28)/t19-,20-/m1/s1. The number of likely N-dealkylation sites (tertiary alicyclic amines) is 1. The van der Waals surface area contributed by atoms with Crippen LogP contribution in [0.25, 0.3) is 5.69 Å². The second-order valence-corrected chi connectivity index (χ2v) is 8.67. The lowest BCUT2D eigenvalue weighted by atomic mass is 9.75. The van der Waals surface area contributed by atoms with Crippen molar-refractivity contribution in [2.24, 2.45) is 11.8 Å². The molecule has 2 atom stereocenters. The van der Waals surface area contributed by atoms with E-state index in [0.29, 0.717) is 6.54 Å². The normalized spacial score (nSPS) is 22.7. The number of nitrogens with one attached hydrogen (secondary N) is 1. The molecule has 150 valence electrons. The van der Waals surface area contributed by atoms with E-state index in [1.54, 1.807) is 0 Å². The lowest BCUT2D eigenvalue weighted by Gasteiger charge is -2.41. The minimum absolute atomic E-state index is 0.0731. The van der Waals surface area contributed by atoms with Crippen LogP contribution in [0.4, 0.5) is 5.69 Å². The van der Waals surface area contributed by atoms with Gasteiger partial charge in [0.2, 0.25) is 5.91 Å². The summed E-state index contributed by atoms with van der Waals surface area (Å²) in [7, 11) is 0. The maximum atomic E-state index is 12.7. The number of hydrogen-bond donors (Lipinski definition) is 1. The van der Waals surface area contributed by atoms with Gasteiger partial charge in [-0.1, -0.05) is 37.0 Å². The highest BCUT2D eigenvalue weighted by Crippen LogP contribution is 2.36. The molecule has 28 heavy (non-hydrogen) atoms. The zero-order valence-corrected chi connectivity index (χ0v) is 17.4. The number of carbonyl (C=O) groups excluding carboxylic acids is 1. The first-order chi connectivity index (χ1) is 13.5. The third-order valence-electron chi connectivity index (χ3n) is 6.58. The maximum Gasteiger partial charge on any atom is 0.238 e. The first-order valence-corrected chi connectivity index (χ1v) is 10.7. The molecule has 5 heteroatoms. The molecule has 1 aliphatic heterocycles. The van der Waals surface area contributed by atoms with Crippen molar-refractivity contribution in [1.82, 2.24) is 14.7 Å². The predicted octanol–water partition coefficient (Wildman–Crippen LogP) is 4.25. The summed E-state index contributed by atoms with van der Waals surface area (Å²) in [6.45, 7) is 8.67. The molecule has 2 aromatic rings. The largest absolute Gasteiger partial charge is 0.322 e. The van der Waals surface area contributed by atoms with Crippen LogP contribution in [0.15, 0.2) is 24.3 Å². The number of benzene rings is 1. The number of hydrogen-bond acceptors (Lipinski definition) is 3. The van der Waals surface area contributed by atoms with Crippen molar-refractivity contribution in [1.29, 1.82) is 0 Å². The number of aryl methyl sites for hydroxylation is 2. The molecule has 1 aromatic carbocycles. The van der Waals surface area contributed by atoms with Crippen molar-refractivity contribution < 1.29 is 4.79 Å². The number of aromatic nitrogens is 2. The third-order valence-corrected chi connectivity index (χ3v) is 6.58. The highest BCUT2D eigenvalue weighted by atomic mass is 16.2. The molecule has 1 saturated carbocycles. The van der Waals surface area contributed by atoms with Crippen LogP contribution in [0.1, 0.15) is 49.1 Å². The zero-order valence-electron chi connectivity index (χ0n) is 17.4. The van der Waals surface area contributed by atoms with Gasteiger partial charge in [-0.25, -0.2) is 4.68 Å². The van der Waals surface area contributed by atoms with Gasteiger partial charge in [-0.15, -0.1) is 0 Å². The van der Waals surface area contributed by atoms with E-state index in [9.17, 15) is 4.79 Å². The van der Waals surface area contributed by atoms with Gasteiger partial charge in [0.05, 0.1) is 29.3 Å². The van der Waals surface area contributed by atoms with Crippen molar-refractivity contribution >= 4 is 11.6 Å². The topological polar surface area (TPSA) is 50.2 Å². The van der Waals surface area contributed by atoms with Gasteiger partial charge in [-0.3, -0.25) is 9.69 Å². The summed E-state index contributed by atoms with van der Waals surface area (Å²) in [6.07, 6.45) is 6.73. The van der Waals surface area contributed by atoms with E-state index in [-0.39, 0.29) is 5.91 Å². The van der Waals surface area contributed by atoms with Crippen LogP contribution in [-0.2, 0) is 4.79 Å². The van der Waals surface area contributed by atoms with E-state index in [1.165, 1.54) is 37.7 Å². The highest BCUT2D eigenvalue weighted by molar-refractivity contribution is 5.93. The summed E-state index contributed by atoms with van der Waals surface area (Å²) in [5.74, 6) is 1.76. The lowest BCUT2D eigenvalue weighted by molar-refractivity contribution is -0.118. The molecule has 2 heterocycles. The average molecular weight is 381 g/mol. The Labute approximate surface area is 168 Å². The number of rotatable bonds is 4. The van der Waals surface area contributed by atoms with Gasteiger partial charge in [-0.05, 0) is 64.1 Å². The Morgan fingerprint density at radius 2 is 1.79 bits per heavy atom. The highest BCUT2D eigenvalue weighted by Gasteiger charge is 2.31. The predicted molar refractivity (Wildman–Crippen MR) is 113 cm³/mol. The first-order valence-electron chi connectivity index (χ1n) is 10.7. The van der Waals surface area contributed by atoms with Crippen LogP contribution in [-0.4, -0.2) is 40.2 Å². The number of carbonyl (C=O) groups is 1. The summed E-state index contributed by atoms with van der Waals surface area (Å²) in [4.78, 5) is 15.1. The molecule has 4 rings (SSSR count). The van der Waals surface area contributed by atoms with Crippen molar-refractivity contribution in [3.63, 3.8) is 0 Å². The Bertz CT molecular complexity index is 839. The Hall–Kier alpha value is -2.14. The van der Waals surface area contributed by atoms with Crippen molar-refractivity contribution in [2.45, 2.75) is 52.9 Å². The van der Waals surface area contributed by atoms with E-state index in [2.05, 4.69) is 46.5 Å². The summed E-state index contributed by atoms with van der Waals surface area (Å²) < 4.78 is 1.91. The number of nitrogens with zero attached hydrogens (tertiary/aromatic N) is 3. The fourth-order valence-corrected chi connectivity index (χ4v) is 4.96. The van der Waals surface area contributed by atoms with E-state index in [4.69, 9.17) is 0 Å². The van der Waals surface area contributed by atoms with Crippen LogP contribution in [0.3, 0.4) is 0 Å². The molecular weight excluding hydrogens is 348 g/mol. The number of anilines is 1. The van der Waals surface area contributed by atoms with E-state index in [0.717, 1.165) is 47.7 Å². The molecule has 0 unspecified atom stereocenters. The molecule has 1 N–H and O–H groups in total. The Kier molecular flexibility index (Phi) is 5.54. The number of fused-ring (bicyclic) bond motifs is 1. The SMILES string of the molecule is Cc1ccc(-n2nc(C)c(NC(=O)CN3CC[C@H]4CCCC[C@@H]4C3)c2C)cc1. The van der Waals surface area contributed by atoms with E-state index in [1.807, 2.05) is 18.5 Å². The fraction of sp³-hybridized carbons (Fsp3) is 0.565. The molecule has 0 radical (unpaired) electrons. The molecule has 0 spiro atoms. The summed E-state index contributed by atoms with van der Waals surface area (Å²) in [5.41, 5.74) is 4.92. The van der Waals surface area contributed by atoms with E-state index >= 15 is 0 Å². The third kappa shape index (κ3) is 4.00. The summed E-state index contributed by atoms with van der Waals surface area (Å²) in [6, 6.07) is 8.29. The second-order valence-electron chi connectivity index (χ2n) is 8.67. The smallest absolute Gasteiger partial charge is 0.238 e. The van der Waals surface area contributed by atoms with Gasteiger partial charge < -0.3 is 5.32 Å². The molecule has 1 saturated heterocycles. The molecule has 1 aromatic heterocycles. The lowest BCUT2D eigenvalue weighted by Crippen LogP contribution is -2.44. The summed E-state index contributed by atoms with van der Waals surface area (Å²) in [5, 5.41) is 7.79. The monoisotopic (exact) mass is 380 g/mol. The zero-order chi connectivity index (χ0) is 19.7. The van der Waals surface area contributed by atoms with Crippen molar-refractivity contribution in [3.05, 3.63) is 41.2 Å². The Morgan fingerprint density at radius 3 is 2.54 bits per heavy atom. The minimum Gasteiger partial charge on any atom is -0.322 e. The molecule has 0 bridgehead atoms. The second kappa shape index (κ2) is 8.08. The van der Waals surface area contributed by atoms with Gasteiger partial charge in [0.15, 0.2) is 0 Å². The van der Waals surface area contributed by atoms with Crippen molar-refractivity contribution in [3.8, 4) is 5.69 Å². The van der Waals surface area contributed by atoms with E-state index < -0.39 is 0 Å². The van der Waals surface area contributed by atoms with Crippen LogP contribution >= 0.6 is 0 Å². The van der Waals surface area contributed by atoms with Crippen LogP contribution in [0.5, 0.6) is 0 Å². The molecular formula is C23H32N4O. The molecule has 2 aliphatic rings. The van der Waals surface area contributed by atoms with Crippen molar-refractivity contribution in [2.75, 3.05) is 25.0 Å².